The van der Waals surface area contributed by atoms with Crippen LogP contribution in [0.15, 0.2) is 24.3 Å². The molecule has 0 spiro atoms. The summed E-state index contributed by atoms with van der Waals surface area (Å²) in [5, 5.41) is 3.48. The molecule has 0 aliphatic heterocycles. The van der Waals surface area contributed by atoms with Crippen LogP contribution in [0.1, 0.15) is 19.4 Å². The van der Waals surface area contributed by atoms with Gasteiger partial charge in [-0.15, -0.1) is 0 Å². The molecule has 1 aromatic carbocycles. The molecule has 0 radical (unpaired) electrons. The molecule has 16 heavy (non-hydrogen) atoms. The van der Waals surface area contributed by atoms with Gasteiger partial charge >= 0.3 is 0 Å². The van der Waals surface area contributed by atoms with E-state index in [1.165, 1.54) is 0 Å². The fourth-order valence-electron chi connectivity index (χ4n) is 1.21. The lowest BCUT2D eigenvalue weighted by Crippen LogP contribution is -2.43. The van der Waals surface area contributed by atoms with Crippen LogP contribution in [0.5, 0.6) is 0 Å². The zero-order valence-electron chi connectivity index (χ0n) is 9.53. The van der Waals surface area contributed by atoms with Crippen LogP contribution < -0.4 is 11.1 Å². The van der Waals surface area contributed by atoms with Crippen LogP contribution in [-0.4, -0.2) is 11.9 Å². The molecule has 0 aliphatic carbocycles. The van der Waals surface area contributed by atoms with Gasteiger partial charge in [0.05, 0.1) is 6.04 Å². The van der Waals surface area contributed by atoms with Gasteiger partial charge < -0.3 is 11.1 Å². The van der Waals surface area contributed by atoms with Gasteiger partial charge in [0.25, 0.3) is 0 Å². The van der Waals surface area contributed by atoms with Crippen LogP contribution >= 0.6 is 11.6 Å². The monoisotopic (exact) mass is 240 g/mol. The number of rotatable bonds is 4. The number of carbonyl (C=O) groups excluding carboxylic acids is 1. The summed E-state index contributed by atoms with van der Waals surface area (Å²) in [6.07, 6.45) is 0. The number of hydrogen-bond acceptors (Lipinski definition) is 2. The third-order valence-electron chi connectivity index (χ3n) is 2.40. The van der Waals surface area contributed by atoms with E-state index in [1.54, 1.807) is 12.1 Å². The first-order valence-electron chi connectivity index (χ1n) is 5.28. The molecule has 0 saturated carbocycles. The first-order chi connectivity index (χ1) is 7.50. The Labute approximate surface area is 101 Å². The maximum atomic E-state index is 11.6. The zero-order chi connectivity index (χ0) is 12.1. The molecule has 0 fully saturated rings. The summed E-state index contributed by atoms with van der Waals surface area (Å²) in [5.41, 5.74) is 6.72. The van der Waals surface area contributed by atoms with Crippen LogP contribution in [0.3, 0.4) is 0 Å². The van der Waals surface area contributed by atoms with Crippen LogP contribution in [0.25, 0.3) is 0 Å². The Bertz CT molecular complexity index is 349. The first kappa shape index (κ1) is 13.0. The van der Waals surface area contributed by atoms with E-state index in [-0.39, 0.29) is 11.8 Å². The minimum absolute atomic E-state index is 0.120. The van der Waals surface area contributed by atoms with E-state index >= 15 is 0 Å². The van der Waals surface area contributed by atoms with E-state index in [2.05, 4.69) is 5.32 Å². The molecule has 0 bridgehead atoms. The highest BCUT2D eigenvalue weighted by Crippen LogP contribution is 2.09. The first-order valence-corrected chi connectivity index (χ1v) is 5.66. The number of benzene rings is 1. The van der Waals surface area contributed by atoms with Crippen LogP contribution in [0.4, 0.5) is 0 Å². The molecule has 0 aromatic heterocycles. The molecule has 88 valence electrons. The van der Waals surface area contributed by atoms with E-state index in [0.717, 1.165) is 5.56 Å². The van der Waals surface area contributed by atoms with Gasteiger partial charge in [0.1, 0.15) is 0 Å². The molecule has 0 unspecified atom stereocenters. The van der Waals surface area contributed by atoms with E-state index in [1.807, 2.05) is 26.0 Å². The predicted octanol–water partition coefficient (Wildman–Crippen LogP) is 1.94. The van der Waals surface area contributed by atoms with Gasteiger partial charge in [0.15, 0.2) is 0 Å². The molecule has 1 aromatic rings. The van der Waals surface area contributed by atoms with E-state index in [0.29, 0.717) is 11.6 Å². The standard InChI is InChI=1S/C12H17ClN2O/c1-8(2)11(14)12(16)15-7-9-3-5-10(13)6-4-9/h3-6,8,11H,7,14H2,1-2H3,(H,15,16)/t11-/m1/s1. The fraction of sp³-hybridized carbons (Fsp3) is 0.417. The Balaban J connectivity index is 2.46. The highest BCUT2D eigenvalue weighted by atomic mass is 35.5. The summed E-state index contributed by atoms with van der Waals surface area (Å²) in [4.78, 5) is 11.6. The molecule has 0 heterocycles. The average Bonchev–Trinajstić information content (AvgIpc) is 2.26. The summed E-state index contributed by atoms with van der Waals surface area (Å²) < 4.78 is 0. The number of nitrogens with one attached hydrogen (secondary N) is 1. The highest BCUT2D eigenvalue weighted by Gasteiger charge is 2.16. The molecule has 3 N–H and O–H groups in total. The average molecular weight is 241 g/mol. The SMILES string of the molecule is CC(C)[C@@H](N)C(=O)NCc1ccc(Cl)cc1. The van der Waals surface area contributed by atoms with Crippen molar-refractivity contribution in [2.45, 2.75) is 26.4 Å². The summed E-state index contributed by atoms with van der Waals surface area (Å²) >= 11 is 5.76. The van der Waals surface area contributed by atoms with Crippen molar-refractivity contribution in [3.8, 4) is 0 Å². The lowest BCUT2D eigenvalue weighted by atomic mass is 10.0. The summed E-state index contributed by atoms with van der Waals surface area (Å²) in [6.45, 7) is 4.33. The fourth-order valence-corrected chi connectivity index (χ4v) is 1.34. The Kier molecular flexibility index (Phi) is 4.77. The van der Waals surface area contributed by atoms with Gasteiger partial charge in [-0.3, -0.25) is 4.79 Å². The minimum atomic E-state index is -0.452. The second-order valence-electron chi connectivity index (χ2n) is 4.11. The van der Waals surface area contributed by atoms with Crippen LogP contribution in [0, 0.1) is 5.92 Å². The lowest BCUT2D eigenvalue weighted by molar-refractivity contribution is -0.123. The van der Waals surface area contributed by atoms with Gasteiger partial charge in [-0.05, 0) is 23.6 Å². The van der Waals surface area contributed by atoms with Crippen molar-refractivity contribution in [2.24, 2.45) is 11.7 Å². The van der Waals surface area contributed by atoms with E-state index < -0.39 is 6.04 Å². The smallest absolute Gasteiger partial charge is 0.237 e. The molecule has 0 aliphatic rings. The quantitative estimate of drug-likeness (QED) is 0.845. The predicted molar refractivity (Wildman–Crippen MR) is 66.1 cm³/mol. The molecular weight excluding hydrogens is 224 g/mol. The van der Waals surface area contributed by atoms with E-state index in [4.69, 9.17) is 17.3 Å². The number of carbonyl (C=O) groups is 1. The van der Waals surface area contributed by atoms with Crippen molar-refractivity contribution in [1.29, 1.82) is 0 Å². The Morgan fingerprint density at radius 1 is 1.38 bits per heavy atom. The maximum absolute atomic E-state index is 11.6. The molecule has 3 nitrogen and oxygen atoms in total. The third kappa shape index (κ3) is 3.83. The van der Waals surface area contributed by atoms with Crippen LogP contribution in [0.2, 0.25) is 5.02 Å². The normalized spacial score (nSPS) is 12.6. The van der Waals surface area contributed by atoms with Crippen molar-refractivity contribution in [2.75, 3.05) is 0 Å². The van der Waals surface area contributed by atoms with E-state index in [9.17, 15) is 4.79 Å². The maximum Gasteiger partial charge on any atom is 0.237 e. The molecule has 1 amide bonds. The summed E-state index contributed by atoms with van der Waals surface area (Å²) in [7, 11) is 0. The molecule has 0 saturated heterocycles. The zero-order valence-corrected chi connectivity index (χ0v) is 10.3. The number of hydrogen-bond donors (Lipinski definition) is 2. The van der Waals surface area contributed by atoms with Gasteiger partial charge in [-0.1, -0.05) is 37.6 Å². The second kappa shape index (κ2) is 5.87. The number of amides is 1. The summed E-state index contributed by atoms with van der Waals surface area (Å²) in [5.74, 6) is 0.0233. The van der Waals surface area contributed by atoms with Gasteiger partial charge in [-0.2, -0.15) is 0 Å². The Hall–Kier alpha value is -1.06. The van der Waals surface area contributed by atoms with Crippen molar-refractivity contribution >= 4 is 17.5 Å². The topological polar surface area (TPSA) is 55.1 Å². The van der Waals surface area contributed by atoms with Crippen molar-refractivity contribution in [1.82, 2.24) is 5.32 Å². The summed E-state index contributed by atoms with van der Waals surface area (Å²) in [6, 6.07) is 6.90. The minimum Gasteiger partial charge on any atom is -0.351 e. The van der Waals surface area contributed by atoms with Crippen LogP contribution in [-0.2, 0) is 11.3 Å². The molecule has 4 heteroatoms. The van der Waals surface area contributed by atoms with Crippen molar-refractivity contribution < 1.29 is 4.79 Å². The van der Waals surface area contributed by atoms with Gasteiger partial charge in [0.2, 0.25) is 5.91 Å². The van der Waals surface area contributed by atoms with Crippen molar-refractivity contribution in [3.63, 3.8) is 0 Å². The Morgan fingerprint density at radius 3 is 2.44 bits per heavy atom. The lowest BCUT2D eigenvalue weighted by Gasteiger charge is -2.15. The largest absolute Gasteiger partial charge is 0.351 e. The molecular formula is C12H17ClN2O. The van der Waals surface area contributed by atoms with Gasteiger partial charge in [0, 0.05) is 11.6 Å². The third-order valence-corrected chi connectivity index (χ3v) is 2.65. The number of halogens is 1. The highest BCUT2D eigenvalue weighted by molar-refractivity contribution is 6.30. The molecule has 1 atom stereocenters. The Morgan fingerprint density at radius 2 is 1.94 bits per heavy atom. The second-order valence-corrected chi connectivity index (χ2v) is 4.55. The number of nitrogens with two attached hydrogens (primary N) is 1. The van der Waals surface area contributed by atoms with Gasteiger partial charge in [-0.25, -0.2) is 0 Å². The van der Waals surface area contributed by atoms with Crippen molar-refractivity contribution in [3.05, 3.63) is 34.9 Å². The molecule has 1 rings (SSSR count).